The highest BCUT2D eigenvalue weighted by Crippen LogP contribution is 2.43. The first kappa shape index (κ1) is 13.5. The van der Waals surface area contributed by atoms with Gasteiger partial charge in [-0.3, -0.25) is 9.69 Å². The number of rotatable bonds is 3. The van der Waals surface area contributed by atoms with Crippen LogP contribution in [0, 0.1) is 6.92 Å². The van der Waals surface area contributed by atoms with Crippen molar-refractivity contribution in [2.45, 2.75) is 12.3 Å². The summed E-state index contributed by atoms with van der Waals surface area (Å²) in [4.78, 5) is 19.4. The van der Waals surface area contributed by atoms with Crippen LogP contribution in [0.3, 0.4) is 0 Å². The fraction of sp³-hybridized carbons (Fsp3) is 0.286. The van der Waals surface area contributed by atoms with E-state index in [0.29, 0.717) is 5.75 Å². The lowest BCUT2D eigenvalue weighted by molar-refractivity contribution is -0.115. The lowest BCUT2D eigenvalue weighted by atomic mass is 10.2. The Morgan fingerprint density at radius 1 is 1.45 bits per heavy atom. The molecule has 0 aliphatic carbocycles. The number of thioether (sulfide) groups is 1. The SMILES string of the molecule is COc1cccc(C2SCC(=O)N2c2ncc(C)s2)c1. The summed E-state index contributed by atoms with van der Waals surface area (Å²) in [6, 6.07) is 7.85. The first-order chi connectivity index (χ1) is 9.69. The monoisotopic (exact) mass is 306 g/mol. The number of aromatic nitrogens is 1. The molecule has 1 saturated heterocycles. The second-order valence-electron chi connectivity index (χ2n) is 4.46. The normalized spacial score (nSPS) is 18.6. The number of aryl methyl sites for hydroxylation is 1. The first-order valence-corrected chi connectivity index (χ1v) is 8.05. The average molecular weight is 306 g/mol. The predicted octanol–water partition coefficient (Wildman–Crippen LogP) is 3.24. The summed E-state index contributed by atoms with van der Waals surface area (Å²) in [7, 11) is 1.65. The van der Waals surface area contributed by atoms with Gasteiger partial charge in [-0.2, -0.15) is 0 Å². The average Bonchev–Trinajstić information content (AvgIpc) is 3.04. The van der Waals surface area contributed by atoms with E-state index in [4.69, 9.17) is 4.74 Å². The predicted molar refractivity (Wildman–Crippen MR) is 82.5 cm³/mol. The fourth-order valence-electron chi connectivity index (χ4n) is 2.13. The molecule has 1 unspecified atom stereocenters. The number of ether oxygens (including phenoxy) is 1. The van der Waals surface area contributed by atoms with Gasteiger partial charge < -0.3 is 4.74 Å². The molecule has 0 saturated carbocycles. The summed E-state index contributed by atoms with van der Waals surface area (Å²) in [6.45, 7) is 2.00. The zero-order chi connectivity index (χ0) is 14.1. The van der Waals surface area contributed by atoms with E-state index in [0.717, 1.165) is 21.3 Å². The van der Waals surface area contributed by atoms with Crippen LogP contribution >= 0.6 is 23.1 Å². The van der Waals surface area contributed by atoms with Crippen LogP contribution in [0.15, 0.2) is 30.5 Å². The highest BCUT2D eigenvalue weighted by molar-refractivity contribution is 8.00. The van der Waals surface area contributed by atoms with Gasteiger partial charge in [-0.05, 0) is 24.6 Å². The van der Waals surface area contributed by atoms with E-state index in [9.17, 15) is 4.79 Å². The van der Waals surface area contributed by atoms with Crippen molar-refractivity contribution < 1.29 is 9.53 Å². The maximum absolute atomic E-state index is 12.2. The number of benzene rings is 1. The van der Waals surface area contributed by atoms with Crippen LogP contribution < -0.4 is 9.64 Å². The molecule has 3 rings (SSSR count). The summed E-state index contributed by atoms with van der Waals surface area (Å²) in [5.41, 5.74) is 1.06. The molecule has 4 nitrogen and oxygen atoms in total. The van der Waals surface area contributed by atoms with Gasteiger partial charge in [0.05, 0.1) is 12.9 Å². The van der Waals surface area contributed by atoms with E-state index in [1.165, 1.54) is 0 Å². The molecule has 2 heterocycles. The lowest BCUT2D eigenvalue weighted by Gasteiger charge is -2.21. The third-order valence-corrected chi connectivity index (χ3v) is 5.19. The highest BCUT2D eigenvalue weighted by atomic mass is 32.2. The maximum atomic E-state index is 12.2. The molecule has 1 amide bonds. The maximum Gasteiger partial charge on any atom is 0.240 e. The second kappa shape index (κ2) is 5.46. The molecular weight excluding hydrogens is 292 g/mol. The minimum absolute atomic E-state index is 0.0249. The number of carbonyl (C=O) groups excluding carboxylic acids is 1. The number of hydrogen-bond acceptors (Lipinski definition) is 5. The van der Waals surface area contributed by atoms with Gasteiger partial charge in [-0.25, -0.2) is 4.98 Å². The number of hydrogen-bond donors (Lipinski definition) is 0. The molecule has 1 fully saturated rings. The molecule has 2 aromatic rings. The lowest BCUT2D eigenvalue weighted by Crippen LogP contribution is -2.27. The smallest absolute Gasteiger partial charge is 0.240 e. The van der Waals surface area contributed by atoms with Crippen LogP contribution in [-0.2, 0) is 4.79 Å². The van der Waals surface area contributed by atoms with Crippen molar-refractivity contribution in [3.8, 4) is 5.75 Å². The molecule has 0 spiro atoms. The second-order valence-corrected chi connectivity index (χ2v) is 6.74. The van der Waals surface area contributed by atoms with E-state index in [2.05, 4.69) is 4.98 Å². The molecule has 1 aliphatic rings. The Morgan fingerprint density at radius 3 is 3.00 bits per heavy atom. The van der Waals surface area contributed by atoms with Crippen LogP contribution in [0.25, 0.3) is 0 Å². The third-order valence-electron chi connectivity index (χ3n) is 3.06. The van der Waals surface area contributed by atoms with Gasteiger partial charge in [-0.15, -0.1) is 23.1 Å². The van der Waals surface area contributed by atoms with Gasteiger partial charge in [0.2, 0.25) is 5.91 Å². The van der Waals surface area contributed by atoms with Gasteiger partial charge in [0.15, 0.2) is 5.13 Å². The van der Waals surface area contributed by atoms with Crippen molar-refractivity contribution in [3.05, 3.63) is 40.9 Å². The van der Waals surface area contributed by atoms with Gasteiger partial charge >= 0.3 is 0 Å². The van der Waals surface area contributed by atoms with Crippen molar-refractivity contribution in [1.29, 1.82) is 0 Å². The Bertz CT molecular complexity index is 642. The molecule has 1 aliphatic heterocycles. The van der Waals surface area contributed by atoms with Crippen LogP contribution in [0.5, 0.6) is 5.75 Å². The summed E-state index contributed by atoms with van der Waals surface area (Å²) in [6.07, 6.45) is 1.80. The number of amides is 1. The Hall–Kier alpha value is -1.53. The van der Waals surface area contributed by atoms with E-state index >= 15 is 0 Å². The van der Waals surface area contributed by atoms with E-state index in [-0.39, 0.29) is 11.3 Å². The van der Waals surface area contributed by atoms with Gasteiger partial charge in [0, 0.05) is 11.1 Å². The molecule has 1 aromatic heterocycles. The van der Waals surface area contributed by atoms with Crippen molar-refractivity contribution in [1.82, 2.24) is 4.98 Å². The molecular formula is C14H14N2O2S2. The van der Waals surface area contributed by atoms with E-state index < -0.39 is 0 Å². The number of anilines is 1. The number of methoxy groups -OCH3 is 1. The first-order valence-electron chi connectivity index (χ1n) is 6.19. The summed E-state index contributed by atoms with van der Waals surface area (Å²) >= 11 is 3.17. The Labute approximate surface area is 125 Å². The Morgan fingerprint density at radius 2 is 2.30 bits per heavy atom. The van der Waals surface area contributed by atoms with Crippen molar-refractivity contribution in [2.24, 2.45) is 0 Å². The van der Waals surface area contributed by atoms with Crippen LogP contribution in [-0.4, -0.2) is 23.8 Å². The molecule has 20 heavy (non-hydrogen) atoms. The van der Waals surface area contributed by atoms with Crippen LogP contribution in [0.4, 0.5) is 5.13 Å². The topological polar surface area (TPSA) is 42.4 Å². The molecule has 0 N–H and O–H groups in total. The van der Waals surface area contributed by atoms with Crippen LogP contribution in [0.1, 0.15) is 15.8 Å². The third kappa shape index (κ3) is 2.41. The fourth-order valence-corrected chi connectivity index (χ4v) is 4.14. The van der Waals surface area contributed by atoms with Gasteiger partial charge in [-0.1, -0.05) is 12.1 Å². The minimum atomic E-state index is -0.0249. The standard InChI is InChI=1S/C14H14N2O2S2/c1-9-7-15-14(20-9)16-12(17)8-19-13(16)10-4-3-5-11(6-10)18-2/h3-7,13H,8H2,1-2H3. The van der Waals surface area contributed by atoms with Crippen molar-refractivity contribution in [3.63, 3.8) is 0 Å². The quantitative estimate of drug-likeness (QED) is 0.873. The number of thiazole rings is 1. The largest absolute Gasteiger partial charge is 0.497 e. The summed E-state index contributed by atoms with van der Waals surface area (Å²) in [5, 5.41) is 0.744. The molecule has 0 bridgehead atoms. The number of carbonyl (C=O) groups is 1. The molecule has 1 atom stereocenters. The molecule has 6 heteroatoms. The Kier molecular flexibility index (Phi) is 3.67. The molecule has 1 aromatic carbocycles. The zero-order valence-electron chi connectivity index (χ0n) is 11.2. The summed E-state index contributed by atoms with van der Waals surface area (Å²) < 4.78 is 5.26. The van der Waals surface area contributed by atoms with Crippen molar-refractivity contribution in [2.75, 3.05) is 17.8 Å². The van der Waals surface area contributed by atoms with E-state index in [1.54, 1.807) is 41.3 Å². The van der Waals surface area contributed by atoms with E-state index in [1.807, 2.05) is 31.2 Å². The van der Waals surface area contributed by atoms with Gasteiger partial charge in [0.25, 0.3) is 0 Å². The summed E-state index contributed by atoms with van der Waals surface area (Å²) in [5.74, 6) is 1.40. The van der Waals surface area contributed by atoms with Crippen molar-refractivity contribution >= 4 is 34.1 Å². The Balaban J connectivity index is 1.97. The molecule has 104 valence electrons. The van der Waals surface area contributed by atoms with Gasteiger partial charge in [0.1, 0.15) is 11.1 Å². The molecule has 0 radical (unpaired) electrons. The zero-order valence-corrected chi connectivity index (χ0v) is 12.8. The number of nitrogens with zero attached hydrogens (tertiary/aromatic N) is 2. The van der Waals surface area contributed by atoms with Crippen LogP contribution in [0.2, 0.25) is 0 Å². The highest BCUT2D eigenvalue weighted by Gasteiger charge is 2.35. The minimum Gasteiger partial charge on any atom is -0.497 e.